The maximum Gasteiger partial charge on any atom is 0.211 e. The summed E-state index contributed by atoms with van der Waals surface area (Å²) in [5.41, 5.74) is 1.08. The van der Waals surface area contributed by atoms with Crippen LogP contribution in [0.1, 0.15) is 31.7 Å². The average Bonchev–Trinajstić information content (AvgIpc) is 3.34. The molecule has 3 heterocycles. The second-order valence-corrected chi connectivity index (χ2v) is 7.08. The normalized spacial score (nSPS) is 23.8. The zero-order valence-corrected chi connectivity index (χ0v) is 14.9. The van der Waals surface area contributed by atoms with Crippen molar-refractivity contribution < 1.29 is 9.15 Å². The van der Waals surface area contributed by atoms with Crippen LogP contribution in [-0.4, -0.2) is 60.2 Å². The van der Waals surface area contributed by atoms with E-state index in [0.29, 0.717) is 6.10 Å². The van der Waals surface area contributed by atoms with Gasteiger partial charge in [-0.15, -0.1) is 0 Å². The summed E-state index contributed by atoms with van der Waals surface area (Å²) < 4.78 is 11.8. The first-order valence-corrected chi connectivity index (χ1v) is 9.39. The second-order valence-electron chi connectivity index (χ2n) is 7.08. The number of ether oxygens (including phenoxy) is 1. The van der Waals surface area contributed by atoms with Crippen LogP contribution in [0.4, 0.5) is 0 Å². The molecule has 2 saturated heterocycles. The van der Waals surface area contributed by atoms with Crippen LogP contribution in [0.3, 0.4) is 0 Å². The second kappa shape index (κ2) is 7.68. The molecule has 0 radical (unpaired) electrons. The molecular weight excluding hydrogens is 314 g/mol. The summed E-state index contributed by atoms with van der Waals surface area (Å²) in [6.07, 6.45) is 4.73. The summed E-state index contributed by atoms with van der Waals surface area (Å²) in [6, 6.07) is 10.4. The maximum atomic E-state index is 6.03. The number of nitrogens with zero attached hydrogens (tertiary/aromatic N) is 3. The molecule has 2 aliphatic heterocycles. The minimum absolute atomic E-state index is 0.211. The summed E-state index contributed by atoms with van der Waals surface area (Å²) in [4.78, 5) is 9.52. The Labute approximate surface area is 149 Å². The Morgan fingerprint density at radius 2 is 1.96 bits per heavy atom. The summed E-state index contributed by atoms with van der Waals surface area (Å²) >= 11 is 0. The minimum Gasteiger partial charge on any atom is -0.439 e. The van der Waals surface area contributed by atoms with Gasteiger partial charge in [-0.05, 0) is 19.8 Å². The molecule has 134 valence electrons. The first-order valence-electron chi connectivity index (χ1n) is 9.39. The topological polar surface area (TPSA) is 41.7 Å². The van der Waals surface area contributed by atoms with Gasteiger partial charge in [-0.3, -0.25) is 9.80 Å². The maximum absolute atomic E-state index is 6.03. The fourth-order valence-electron chi connectivity index (χ4n) is 3.78. The van der Waals surface area contributed by atoms with E-state index in [0.717, 1.165) is 56.5 Å². The Kier molecular flexibility index (Phi) is 5.15. The van der Waals surface area contributed by atoms with Crippen molar-refractivity contribution in [3.05, 3.63) is 42.4 Å². The van der Waals surface area contributed by atoms with E-state index >= 15 is 0 Å². The van der Waals surface area contributed by atoms with E-state index in [1.807, 2.05) is 24.4 Å². The van der Waals surface area contributed by atoms with Gasteiger partial charge in [0, 0.05) is 44.9 Å². The van der Waals surface area contributed by atoms with Gasteiger partial charge in [0.15, 0.2) is 5.76 Å². The van der Waals surface area contributed by atoms with Crippen molar-refractivity contribution in [2.45, 2.75) is 31.9 Å². The Bertz CT molecular complexity index is 659. The molecular formula is C20H27N3O2. The number of aromatic nitrogens is 1. The number of oxazole rings is 1. The van der Waals surface area contributed by atoms with Crippen LogP contribution in [0.25, 0.3) is 11.3 Å². The third kappa shape index (κ3) is 3.94. The van der Waals surface area contributed by atoms with Crippen molar-refractivity contribution >= 4 is 0 Å². The van der Waals surface area contributed by atoms with E-state index in [1.54, 1.807) is 0 Å². The highest BCUT2D eigenvalue weighted by molar-refractivity contribution is 5.55. The molecule has 0 bridgehead atoms. The molecule has 0 spiro atoms. The molecule has 0 saturated carbocycles. The molecule has 2 aromatic rings. The number of hydrogen-bond acceptors (Lipinski definition) is 5. The number of rotatable bonds is 5. The van der Waals surface area contributed by atoms with E-state index in [2.05, 4.69) is 33.8 Å². The molecule has 5 heteroatoms. The van der Waals surface area contributed by atoms with Gasteiger partial charge >= 0.3 is 0 Å². The van der Waals surface area contributed by atoms with Crippen molar-refractivity contribution in [2.75, 3.05) is 39.3 Å². The van der Waals surface area contributed by atoms with Crippen LogP contribution in [0, 0.1) is 0 Å². The van der Waals surface area contributed by atoms with Crippen LogP contribution >= 0.6 is 0 Å². The first-order chi connectivity index (χ1) is 12.3. The SMILES string of the molecule is C[C@@H](c1ncc(-c2ccccc2)o1)N1CCN(C[C@H]2CCCO2)CC1. The van der Waals surface area contributed by atoms with Crippen LogP contribution in [-0.2, 0) is 4.74 Å². The van der Waals surface area contributed by atoms with E-state index in [1.165, 1.54) is 12.8 Å². The van der Waals surface area contributed by atoms with Gasteiger partial charge in [0.05, 0.1) is 18.3 Å². The summed E-state index contributed by atoms with van der Waals surface area (Å²) in [5.74, 6) is 1.66. The summed E-state index contributed by atoms with van der Waals surface area (Å²) in [6.45, 7) is 8.51. The number of hydrogen-bond donors (Lipinski definition) is 0. The van der Waals surface area contributed by atoms with Gasteiger partial charge in [-0.2, -0.15) is 0 Å². The molecule has 5 nitrogen and oxygen atoms in total. The highest BCUT2D eigenvalue weighted by Gasteiger charge is 2.27. The van der Waals surface area contributed by atoms with Crippen LogP contribution in [0.5, 0.6) is 0 Å². The van der Waals surface area contributed by atoms with Crippen molar-refractivity contribution in [1.29, 1.82) is 0 Å². The third-order valence-corrected chi connectivity index (χ3v) is 5.38. The number of benzene rings is 1. The zero-order valence-electron chi connectivity index (χ0n) is 14.9. The van der Waals surface area contributed by atoms with Gasteiger partial charge in [-0.25, -0.2) is 4.98 Å². The third-order valence-electron chi connectivity index (χ3n) is 5.38. The van der Waals surface area contributed by atoms with Crippen LogP contribution in [0.15, 0.2) is 40.9 Å². The van der Waals surface area contributed by atoms with Gasteiger partial charge in [0.1, 0.15) is 0 Å². The van der Waals surface area contributed by atoms with Crippen molar-refractivity contribution in [3.8, 4) is 11.3 Å². The smallest absolute Gasteiger partial charge is 0.211 e. The molecule has 0 aliphatic carbocycles. The molecule has 4 rings (SSSR count). The van der Waals surface area contributed by atoms with Gasteiger partial charge in [-0.1, -0.05) is 30.3 Å². The molecule has 0 unspecified atom stereocenters. The van der Waals surface area contributed by atoms with Gasteiger partial charge < -0.3 is 9.15 Å². The predicted molar refractivity (Wildman–Crippen MR) is 97.3 cm³/mol. The molecule has 1 aromatic heterocycles. The fourth-order valence-corrected chi connectivity index (χ4v) is 3.78. The Hall–Kier alpha value is -1.69. The van der Waals surface area contributed by atoms with E-state index in [-0.39, 0.29) is 6.04 Å². The Balaban J connectivity index is 1.33. The standard InChI is InChI=1S/C20H27N3O2/c1-16(20-21-14-19(25-20)17-6-3-2-4-7-17)23-11-9-22(10-12-23)15-18-8-5-13-24-18/h2-4,6-7,14,16,18H,5,8-13,15H2,1H3/t16-,18+/m0/s1. The fraction of sp³-hybridized carbons (Fsp3) is 0.550. The summed E-state index contributed by atoms with van der Waals surface area (Å²) in [7, 11) is 0. The van der Waals surface area contributed by atoms with E-state index in [9.17, 15) is 0 Å². The predicted octanol–water partition coefficient (Wildman–Crippen LogP) is 3.20. The lowest BCUT2D eigenvalue weighted by atomic mass is 10.2. The lowest BCUT2D eigenvalue weighted by molar-refractivity contribution is 0.0388. The monoisotopic (exact) mass is 341 g/mol. The van der Waals surface area contributed by atoms with Crippen molar-refractivity contribution in [3.63, 3.8) is 0 Å². The molecule has 1 aromatic carbocycles. The Morgan fingerprint density at radius 3 is 2.68 bits per heavy atom. The van der Waals surface area contributed by atoms with Crippen molar-refractivity contribution in [2.24, 2.45) is 0 Å². The minimum atomic E-state index is 0.211. The van der Waals surface area contributed by atoms with E-state index < -0.39 is 0 Å². The lowest BCUT2D eigenvalue weighted by Gasteiger charge is -2.37. The van der Waals surface area contributed by atoms with E-state index in [4.69, 9.17) is 9.15 Å². The lowest BCUT2D eigenvalue weighted by Crippen LogP contribution is -2.49. The highest BCUT2D eigenvalue weighted by atomic mass is 16.5. The molecule has 0 N–H and O–H groups in total. The molecule has 2 atom stereocenters. The summed E-state index contributed by atoms with van der Waals surface area (Å²) in [5, 5.41) is 0. The molecule has 2 aliphatic rings. The number of piperazine rings is 1. The van der Waals surface area contributed by atoms with Crippen LogP contribution < -0.4 is 0 Å². The molecule has 0 amide bonds. The van der Waals surface area contributed by atoms with Crippen molar-refractivity contribution in [1.82, 2.24) is 14.8 Å². The van der Waals surface area contributed by atoms with Crippen LogP contribution in [0.2, 0.25) is 0 Å². The molecule has 2 fully saturated rings. The largest absolute Gasteiger partial charge is 0.439 e. The van der Waals surface area contributed by atoms with Gasteiger partial charge in [0.2, 0.25) is 5.89 Å². The molecule has 25 heavy (non-hydrogen) atoms. The average molecular weight is 341 g/mol. The highest BCUT2D eigenvalue weighted by Crippen LogP contribution is 2.26. The zero-order chi connectivity index (χ0) is 17.1. The van der Waals surface area contributed by atoms with Gasteiger partial charge in [0.25, 0.3) is 0 Å². The Morgan fingerprint density at radius 1 is 1.16 bits per heavy atom. The quantitative estimate of drug-likeness (QED) is 0.835. The first kappa shape index (κ1) is 16.8.